The van der Waals surface area contributed by atoms with E-state index in [2.05, 4.69) is 4.72 Å². The van der Waals surface area contributed by atoms with Crippen molar-refractivity contribution in [3.63, 3.8) is 0 Å². The number of benzene rings is 1. The van der Waals surface area contributed by atoms with E-state index >= 15 is 0 Å². The Bertz CT molecular complexity index is 485. The van der Waals surface area contributed by atoms with Crippen LogP contribution in [0.2, 0.25) is 0 Å². The largest absolute Gasteiger partial charge is 0.481 e. The molecular weight excluding hydrogens is 258 g/mol. The Morgan fingerprint density at radius 3 is 2.39 bits per heavy atom. The summed E-state index contributed by atoms with van der Waals surface area (Å²) < 4.78 is 25.5. The van der Waals surface area contributed by atoms with Crippen LogP contribution in [0, 0.1) is 0 Å². The lowest BCUT2D eigenvalue weighted by atomic mass is 10.1. The van der Waals surface area contributed by atoms with Gasteiger partial charge in [0, 0.05) is 0 Å². The fourth-order valence-corrected chi connectivity index (χ4v) is 2.60. The zero-order valence-corrected chi connectivity index (χ0v) is 10.4. The van der Waals surface area contributed by atoms with E-state index in [4.69, 9.17) is 5.11 Å². The summed E-state index contributed by atoms with van der Waals surface area (Å²) in [4.78, 5) is 10.3. The van der Waals surface area contributed by atoms with E-state index < -0.39 is 40.8 Å². The molecule has 1 rings (SSSR count). The molecule has 0 radical (unpaired) electrons. The molecule has 0 aliphatic carbocycles. The Morgan fingerprint density at radius 2 is 1.89 bits per heavy atom. The molecule has 0 saturated carbocycles. The van der Waals surface area contributed by atoms with Crippen LogP contribution < -0.4 is 4.72 Å². The first-order valence-corrected chi connectivity index (χ1v) is 6.97. The number of carboxylic acid groups (broad SMARTS) is 1. The van der Waals surface area contributed by atoms with Crippen LogP contribution >= 0.6 is 0 Å². The maximum atomic E-state index is 11.6. The number of nitrogens with one attached hydrogen (secondary N) is 1. The Morgan fingerprint density at radius 1 is 1.28 bits per heavy atom. The third-order valence-corrected chi connectivity index (χ3v) is 3.68. The molecule has 1 atom stereocenters. The number of aliphatic carboxylic acids is 1. The summed E-state index contributed by atoms with van der Waals surface area (Å²) >= 11 is 0. The van der Waals surface area contributed by atoms with Crippen LogP contribution in [0.3, 0.4) is 0 Å². The summed E-state index contributed by atoms with van der Waals surface area (Å²) in [6, 6.07) is 7.83. The van der Waals surface area contributed by atoms with E-state index in [-0.39, 0.29) is 0 Å². The molecule has 1 aromatic rings. The van der Waals surface area contributed by atoms with Crippen molar-refractivity contribution >= 4 is 16.0 Å². The Labute approximate surface area is 105 Å². The second-order valence-electron chi connectivity index (χ2n) is 3.73. The van der Waals surface area contributed by atoms with Gasteiger partial charge in [0.1, 0.15) is 0 Å². The summed E-state index contributed by atoms with van der Waals surface area (Å²) in [5.74, 6) is -1.69. The van der Waals surface area contributed by atoms with Gasteiger partial charge in [0.2, 0.25) is 10.0 Å². The van der Waals surface area contributed by atoms with Crippen LogP contribution in [0.4, 0.5) is 0 Å². The van der Waals surface area contributed by atoms with Crippen molar-refractivity contribution in [3.05, 3.63) is 35.9 Å². The molecule has 0 heterocycles. The predicted molar refractivity (Wildman–Crippen MR) is 65.4 cm³/mol. The average Bonchev–Trinajstić information content (AvgIpc) is 2.35. The van der Waals surface area contributed by atoms with Crippen LogP contribution in [0.25, 0.3) is 0 Å². The smallest absolute Gasteiger partial charge is 0.304 e. The van der Waals surface area contributed by atoms with E-state index in [0.29, 0.717) is 5.56 Å². The molecule has 0 saturated heterocycles. The van der Waals surface area contributed by atoms with E-state index in [9.17, 15) is 18.3 Å². The van der Waals surface area contributed by atoms with Gasteiger partial charge in [-0.3, -0.25) is 4.79 Å². The molecule has 0 aromatic heterocycles. The van der Waals surface area contributed by atoms with Crippen molar-refractivity contribution in [2.45, 2.75) is 12.5 Å². The molecular formula is C11H15NO5S. The second-order valence-corrected chi connectivity index (χ2v) is 5.60. The van der Waals surface area contributed by atoms with Crippen LogP contribution in [-0.2, 0) is 14.8 Å². The molecule has 18 heavy (non-hydrogen) atoms. The molecule has 0 spiro atoms. The number of rotatable bonds is 7. The fraction of sp³-hybridized carbons (Fsp3) is 0.364. The van der Waals surface area contributed by atoms with Crippen molar-refractivity contribution in [2.75, 3.05) is 12.4 Å². The van der Waals surface area contributed by atoms with Gasteiger partial charge in [0.25, 0.3) is 0 Å². The summed E-state index contributed by atoms with van der Waals surface area (Å²) in [6.45, 7) is -0.393. The number of sulfonamides is 1. The predicted octanol–water partition coefficient (Wildman–Crippen LogP) is 0.114. The van der Waals surface area contributed by atoms with Gasteiger partial charge in [-0.2, -0.15) is 0 Å². The van der Waals surface area contributed by atoms with Gasteiger partial charge in [0.05, 0.1) is 24.8 Å². The zero-order chi connectivity index (χ0) is 13.6. The molecule has 0 unspecified atom stereocenters. The lowest BCUT2D eigenvalue weighted by Crippen LogP contribution is -2.33. The highest BCUT2D eigenvalue weighted by molar-refractivity contribution is 7.89. The summed E-state index contributed by atoms with van der Waals surface area (Å²) in [7, 11) is -3.73. The molecule has 0 aliphatic rings. The third-order valence-electron chi connectivity index (χ3n) is 2.29. The van der Waals surface area contributed by atoms with Gasteiger partial charge < -0.3 is 10.2 Å². The van der Waals surface area contributed by atoms with E-state index in [1.807, 2.05) is 0 Å². The van der Waals surface area contributed by atoms with Crippen molar-refractivity contribution in [1.82, 2.24) is 4.72 Å². The van der Waals surface area contributed by atoms with Crippen LogP contribution in [-0.4, -0.2) is 37.0 Å². The second kappa shape index (κ2) is 6.48. The first kappa shape index (κ1) is 14.6. The molecule has 0 amide bonds. The van der Waals surface area contributed by atoms with Gasteiger partial charge in [0.15, 0.2) is 0 Å². The first-order chi connectivity index (χ1) is 8.44. The number of hydrogen-bond acceptors (Lipinski definition) is 4. The van der Waals surface area contributed by atoms with Gasteiger partial charge in [-0.1, -0.05) is 30.3 Å². The molecule has 1 aromatic carbocycles. The van der Waals surface area contributed by atoms with Crippen molar-refractivity contribution in [3.8, 4) is 0 Å². The highest BCUT2D eigenvalue weighted by Gasteiger charge is 2.19. The normalized spacial score (nSPS) is 13.2. The SMILES string of the molecule is O=C(O)CCS(=O)(=O)N[C@H](CO)c1ccccc1. The maximum absolute atomic E-state index is 11.6. The third kappa shape index (κ3) is 4.82. The number of hydrogen-bond donors (Lipinski definition) is 3. The number of aliphatic hydroxyl groups excluding tert-OH is 1. The summed E-state index contributed by atoms with van der Waals surface area (Å²) in [5.41, 5.74) is 0.624. The quantitative estimate of drug-likeness (QED) is 0.654. The lowest BCUT2D eigenvalue weighted by Gasteiger charge is -2.16. The van der Waals surface area contributed by atoms with Crippen molar-refractivity contribution in [1.29, 1.82) is 0 Å². The van der Waals surface area contributed by atoms with Crippen molar-refractivity contribution < 1.29 is 23.4 Å². The fourth-order valence-electron chi connectivity index (χ4n) is 1.39. The minimum atomic E-state index is -3.73. The van der Waals surface area contributed by atoms with Crippen LogP contribution in [0.5, 0.6) is 0 Å². The summed E-state index contributed by atoms with van der Waals surface area (Å²) in [6.07, 6.45) is -0.470. The first-order valence-electron chi connectivity index (χ1n) is 5.32. The van der Waals surface area contributed by atoms with Gasteiger partial charge in [-0.25, -0.2) is 13.1 Å². The molecule has 3 N–H and O–H groups in total. The van der Waals surface area contributed by atoms with Gasteiger partial charge in [-0.15, -0.1) is 0 Å². The number of aliphatic hydroxyl groups is 1. The van der Waals surface area contributed by atoms with E-state index in [1.54, 1.807) is 30.3 Å². The highest BCUT2D eigenvalue weighted by Crippen LogP contribution is 2.13. The average molecular weight is 273 g/mol. The minimum absolute atomic E-state index is 0.393. The standard InChI is InChI=1S/C11H15NO5S/c13-8-10(9-4-2-1-3-5-9)12-18(16,17)7-6-11(14)15/h1-5,10,12-13H,6-8H2,(H,14,15)/t10-/m1/s1. The molecule has 7 heteroatoms. The maximum Gasteiger partial charge on any atom is 0.304 e. The van der Waals surface area contributed by atoms with E-state index in [0.717, 1.165) is 0 Å². The number of carboxylic acids is 1. The Kier molecular flexibility index (Phi) is 5.26. The summed E-state index contributed by atoms with van der Waals surface area (Å²) in [5, 5.41) is 17.6. The molecule has 0 bridgehead atoms. The van der Waals surface area contributed by atoms with Crippen molar-refractivity contribution in [2.24, 2.45) is 0 Å². The topological polar surface area (TPSA) is 104 Å². The monoisotopic (exact) mass is 273 g/mol. The molecule has 100 valence electrons. The molecule has 6 nitrogen and oxygen atoms in total. The van der Waals surface area contributed by atoms with E-state index in [1.165, 1.54) is 0 Å². The lowest BCUT2D eigenvalue weighted by molar-refractivity contribution is -0.136. The molecule has 0 aliphatic heterocycles. The highest BCUT2D eigenvalue weighted by atomic mass is 32.2. The zero-order valence-electron chi connectivity index (χ0n) is 9.61. The Balaban J connectivity index is 2.72. The molecule has 0 fully saturated rings. The number of carbonyl (C=O) groups is 1. The minimum Gasteiger partial charge on any atom is -0.481 e. The van der Waals surface area contributed by atoms with Crippen LogP contribution in [0.15, 0.2) is 30.3 Å². The van der Waals surface area contributed by atoms with Gasteiger partial charge in [-0.05, 0) is 5.56 Å². The van der Waals surface area contributed by atoms with Gasteiger partial charge >= 0.3 is 5.97 Å². The Hall–Kier alpha value is -1.44. The van der Waals surface area contributed by atoms with Crippen LogP contribution in [0.1, 0.15) is 18.0 Å².